The first-order valence-corrected chi connectivity index (χ1v) is 7.14. The van der Waals surface area contributed by atoms with Gasteiger partial charge in [-0.2, -0.15) is 0 Å². The van der Waals surface area contributed by atoms with Gasteiger partial charge in [-0.15, -0.1) is 0 Å². The van der Waals surface area contributed by atoms with Crippen LogP contribution < -0.4 is 5.73 Å². The van der Waals surface area contributed by atoms with E-state index in [4.69, 9.17) is 5.73 Å². The first-order valence-electron chi connectivity index (χ1n) is 5.32. The van der Waals surface area contributed by atoms with E-state index in [9.17, 15) is 8.42 Å². The van der Waals surface area contributed by atoms with E-state index < -0.39 is 9.84 Å². The van der Waals surface area contributed by atoms with E-state index in [-0.39, 0.29) is 17.0 Å². The molecule has 86 valence electrons. The zero-order valence-electron chi connectivity index (χ0n) is 9.54. The fourth-order valence-electron chi connectivity index (χ4n) is 1.54. The normalized spacial score (nSPS) is 16.6. The van der Waals surface area contributed by atoms with Gasteiger partial charge < -0.3 is 5.73 Å². The van der Waals surface area contributed by atoms with Gasteiger partial charge >= 0.3 is 0 Å². The molecule has 0 fully saturated rings. The zero-order chi connectivity index (χ0) is 11.2. The summed E-state index contributed by atoms with van der Waals surface area (Å²) in [5, 5.41) is 0. The summed E-state index contributed by atoms with van der Waals surface area (Å²) in [4.78, 5) is 0. The molecule has 4 heteroatoms. The molecule has 0 heterocycles. The average Bonchev–Trinajstić information content (AvgIpc) is 2.03. The lowest BCUT2D eigenvalue weighted by Gasteiger charge is -2.23. The van der Waals surface area contributed by atoms with Crippen LogP contribution in [0.2, 0.25) is 0 Å². The Balaban J connectivity index is 3.85. The molecule has 0 amide bonds. The van der Waals surface area contributed by atoms with Gasteiger partial charge in [0.25, 0.3) is 0 Å². The largest absolute Gasteiger partial charge is 0.325 e. The van der Waals surface area contributed by atoms with Crippen molar-refractivity contribution >= 4 is 9.84 Å². The molecule has 0 aliphatic rings. The average molecular weight is 221 g/mol. The highest BCUT2D eigenvalue weighted by molar-refractivity contribution is 7.91. The Hall–Kier alpha value is -0.0900. The van der Waals surface area contributed by atoms with Crippen molar-refractivity contribution in [3.05, 3.63) is 0 Å². The standard InChI is InChI=1S/C10H23NO2S/c1-4-7-10(3,11)8-6-9-14(12,13)5-2/h4-9,11H2,1-3H3. The topological polar surface area (TPSA) is 60.2 Å². The predicted octanol–water partition coefficient (Wildman–Crippen LogP) is 1.72. The minimum Gasteiger partial charge on any atom is -0.325 e. The lowest BCUT2D eigenvalue weighted by molar-refractivity contribution is 0.393. The molecular formula is C10H23NO2S. The lowest BCUT2D eigenvalue weighted by Crippen LogP contribution is -2.36. The van der Waals surface area contributed by atoms with E-state index in [0.29, 0.717) is 6.42 Å². The van der Waals surface area contributed by atoms with Crippen molar-refractivity contribution in [2.24, 2.45) is 5.73 Å². The van der Waals surface area contributed by atoms with Crippen molar-refractivity contribution in [2.45, 2.75) is 52.0 Å². The maximum Gasteiger partial charge on any atom is 0.150 e. The third-order valence-corrected chi connectivity index (χ3v) is 4.25. The van der Waals surface area contributed by atoms with Crippen molar-refractivity contribution in [1.29, 1.82) is 0 Å². The Labute approximate surface area is 88.0 Å². The van der Waals surface area contributed by atoms with Crippen LogP contribution in [0.3, 0.4) is 0 Å². The van der Waals surface area contributed by atoms with E-state index in [1.54, 1.807) is 6.92 Å². The van der Waals surface area contributed by atoms with Crippen LogP contribution in [0.5, 0.6) is 0 Å². The SMILES string of the molecule is CCCC(C)(N)CCCS(=O)(=O)CC. The molecule has 3 nitrogen and oxygen atoms in total. The third kappa shape index (κ3) is 6.38. The summed E-state index contributed by atoms with van der Waals surface area (Å²) in [5.41, 5.74) is 5.81. The number of hydrogen-bond donors (Lipinski definition) is 1. The number of rotatable bonds is 7. The van der Waals surface area contributed by atoms with Crippen molar-refractivity contribution < 1.29 is 8.42 Å². The minimum absolute atomic E-state index is 0.196. The third-order valence-electron chi connectivity index (χ3n) is 2.46. The predicted molar refractivity (Wildman–Crippen MR) is 61.1 cm³/mol. The smallest absolute Gasteiger partial charge is 0.150 e. The first-order chi connectivity index (χ1) is 6.33. The second-order valence-electron chi connectivity index (χ2n) is 4.24. The Morgan fingerprint density at radius 3 is 2.21 bits per heavy atom. The molecule has 0 aliphatic heterocycles. The lowest BCUT2D eigenvalue weighted by atomic mass is 9.92. The summed E-state index contributed by atoms with van der Waals surface area (Å²) >= 11 is 0. The Morgan fingerprint density at radius 1 is 1.21 bits per heavy atom. The zero-order valence-corrected chi connectivity index (χ0v) is 10.4. The minimum atomic E-state index is -2.81. The van der Waals surface area contributed by atoms with Crippen LogP contribution >= 0.6 is 0 Å². The maximum atomic E-state index is 11.2. The molecule has 2 N–H and O–H groups in total. The van der Waals surface area contributed by atoms with Crippen molar-refractivity contribution in [2.75, 3.05) is 11.5 Å². The van der Waals surface area contributed by atoms with Crippen LogP contribution in [0.4, 0.5) is 0 Å². The molecule has 14 heavy (non-hydrogen) atoms. The van der Waals surface area contributed by atoms with Gasteiger partial charge in [0.05, 0.1) is 5.75 Å². The Morgan fingerprint density at radius 2 is 1.79 bits per heavy atom. The van der Waals surface area contributed by atoms with Gasteiger partial charge in [-0.25, -0.2) is 8.42 Å². The van der Waals surface area contributed by atoms with E-state index in [2.05, 4.69) is 6.92 Å². The van der Waals surface area contributed by atoms with Crippen LogP contribution in [0.15, 0.2) is 0 Å². The molecule has 0 bridgehead atoms. The molecule has 0 aliphatic carbocycles. The van der Waals surface area contributed by atoms with Crippen molar-refractivity contribution in [3.63, 3.8) is 0 Å². The molecule has 0 saturated heterocycles. The first kappa shape index (κ1) is 13.9. The van der Waals surface area contributed by atoms with Crippen LogP contribution in [0.1, 0.15) is 46.5 Å². The molecule has 1 atom stereocenters. The van der Waals surface area contributed by atoms with Gasteiger partial charge in [-0.05, 0) is 26.2 Å². The van der Waals surface area contributed by atoms with Gasteiger partial charge in [0.2, 0.25) is 0 Å². The van der Waals surface area contributed by atoms with Gasteiger partial charge in [0.15, 0.2) is 0 Å². The van der Waals surface area contributed by atoms with E-state index >= 15 is 0 Å². The van der Waals surface area contributed by atoms with E-state index in [1.165, 1.54) is 0 Å². The second-order valence-corrected chi connectivity index (χ2v) is 6.72. The fraction of sp³-hybridized carbons (Fsp3) is 1.00. The van der Waals surface area contributed by atoms with Crippen molar-refractivity contribution in [3.8, 4) is 0 Å². The van der Waals surface area contributed by atoms with Gasteiger partial charge in [-0.3, -0.25) is 0 Å². The van der Waals surface area contributed by atoms with Gasteiger partial charge in [-0.1, -0.05) is 20.3 Å². The summed E-state index contributed by atoms with van der Waals surface area (Å²) in [6.07, 6.45) is 3.48. The van der Waals surface area contributed by atoms with Crippen LogP contribution in [0.25, 0.3) is 0 Å². The van der Waals surface area contributed by atoms with Crippen LogP contribution in [0, 0.1) is 0 Å². The summed E-state index contributed by atoms with van der Waals surface area (Å²) in [5.74, 6) is 0.516. The van der Waals surface area contributed by atoms with Crippen LogP contribution in [-0.2, 0) is 9.84 Å². The molecule has 0 radical (unpaired) electrons. The van der Waals surface area contributed by atoms with Gasteiger partial charge in [0, 0.05) is 11.3 Å². The van der Waals surface area contributed by atoms with E-state index in [1.807, 2.05) is 6.92 Å². The molecule has 1 unspecified atom stereocenters. The number of hydrogen-bond acceptors (Lipinski definition) is 3. The van der Waals surface area contributed by atoms with Crippen molar-refractivity contribution in [1.82, 2.24) is 0 Å². The molecular weight excluding hydrogens is 198 g/mol. The summed E-state index contributed by atoms with van der Waals surface area (Å²) < 4.78 is 22.4. The number of nitrogens with two attached hydrogens (primary N) is 1. The van der Waals surface area contributed by atoms with Crippen LogP contribution in [-0.4, -0.2) is 25.5 Å². The summed E-state index contributed by atoms with van der Waals surface area (Å²) in [7, 11) is -2.81. The molecule has 0 rings (SSSR count). The highest BCUT2D eigenvalue weighted by Crippen LogP contribution is 2.15. The summed E-state index contributed by atoms with van der Waals surface area (Å²) in [6, 6.07) is 0. The number of sulfone groups is 1. The Kier molecular flexibility index (Phi) is 5.67. The van der Waals surface area contributed by atoms with Gasteiger partial charge in [0.1, 0.15) is 9.84 Å². The highest BCUT2D eigenvalue weighted by atomic mass is 32.2. The molecule has 0 aromatic heterocycles. The maximum absolute atomic E-state index is 11.2. The molecule has 0 spiro atoms. The Bertz CT molecular complexity index is 245. The highest BCUT2D eigenvalue weighted by Gasteiger charge is 2.18. The molecule has 0 aromatic rings. The molecule has 0 saturated carbocycles. The quantitative estimate of drug-likeness (QED) is 0.712. The molecule has 0 aromatic carbocycles. The summed E-state index contributed by atoms with van der Waals surface area (Å²) in [6.45, 7) is 5.77. The fourth-order valence-corrected chi connectivity index (χ4v) is 2.41. The second kappa shape index (κ2) is 5.71. The monoisotopic (exact) mass is 221 g/mol. The van der Waals surface area contributed by atoms with E-state index in [0.717, 1.165) is 19.3 Å².